The fourth-order valence-corrected chi connectivity index (χ4v) is 3.29. The average molecular weight is 273 g/mol. The van der Waals surface area contributed by atoms with Gasteiger partial charge in [-0.15, -0.1) is 0 Å². The molecule has 0 spiro atoms. The van der Waals surface area contributed by atoms with Gasteiger partial charge in [0, 0.05) is 19.7 Å². The molecule has 0 aliphatic heterocycles. The van der Waals surface area contributed by atoms with Crippen molar-refractivity contribution in [3.63, 3.8) is 0 Å². The lowest BCUT2D eigenvalue weighted by molar-refractivity contribution is 0.109. The molecule has 1 aromatic heterocycles. The molecule has 1 saturated carbocycles. The molecule has 18 heavy (non-hydrogen) atoms. The molecule has 1 aliphatic rings. The maximum absolute atomic E-state index is 12.3. The molecule has 0 saturated heterocycles. The number of furan rings is 1. The minimum Gasteiger partial charge on any atom is -0.440 e. The number of hydrogen-bond donors (Lipinski definition) is 0. The lowest BCUT2D eigenvalue weighted by Crippen LogP contribution is -2.35. The molecule has 0 amide bonds. The highest BCUT2D eigenvalue weighted by molar-refractivity contribution is 7.89. The average Bonchev–Trinajstić information content (AvgIpc) is 3.05. The molecule has 0 N–H and O–H groups in total. The Balaban J connectivity index is 2.23. The summed E-state index contributed by atoms with van der Waals surface area (Å²) < 4.78 is 35.9. The maximum Gasteiger partial charge on any atom is 0.276 e. The molecule has 0 bridgehead atoms. The number of hydrogen-bond acceptors (Lipinski definition) is 5. The Hall–Kier alpha value is -1.18. The van der Waals surface area contributed by atoms with Gasteiger partial charge in [-0.2, -0.15) is 4.31 Å². The SMILES string of the molecule is COCCN(C1CC1)S(=O)(=O)c1ccc(C=O)o1. The van der Waals surface area contributed by atoms with E-state index in [0.717, 1.165) is 12.8 Å². The van der Waals surface area contributed by atoms with Crippen LogP contribution in [0.1, 0.15) is 23.4 Å². The van der Waals surface area contributed by atoms with Crippen LogP contribution in [0.2, 0.25) is 0 Å². The van der Waals surface area contributed by atoms with Gasteiger partial charge in [-0.25, -0.2) is 8.42 Å². The third-order valence-electron chi connectivity index (χ3n) is 2.75. The van der Waals surface area contributed by atoms with Crippen LogP contribution in [0.25, 0.3) is 0 Å². The van der Waals surface area contributed by atoms with Crippen molar-refractivity contribution >= 4 is 16.3 Å². The first-order chi connectivity index (χ1) is 8.59. The molecule has 7 heteroatoms. The number of aldehydes is 1. The third-order valence-corrected chi connectivity index (χ3v) is 4.58. The van der Waals surface area contributed by atoms with Gasteiger partial charge < -0.3 is 9.15 Å². The number of sulfonamides is 1. The van der Waals surface area contributed by atoms with Gasteiger partial charge in [0.05, 0.1) is 6.61 Å². The smallest absolute Gasteiger partial charge is 0.276 e. The molecule has 1 fully saturated rings. The van der Waals surface area contributed by atoms with E-state index in [9.17, 15) is 13.2 Å². The maximum atomic E-state index is 12.3. The minimum absolute atomic E-state index is 0.0102. The Morgan fingerprint density at radius 3 is 2.72 bits per heavy atom. The first kappa shape index (κ1) is 13.3. The fourth-order valence-electron chi connectivity index (χ4n) is 1.69. The topological polar surface area (TPSA) is 76.8 Å². The Morgan fingerprint density at radius 2 is 2.22 bits per heavy atom. The summed E-state index contributed by atoms with van der Waals surface area (Å²) in [5.41, 5.74) is 0. The van der Waals surface area contributed by atoms with Crippen LogP contribution in [-0.4, -0.2) is 45.3 Å². The molecule has 0 radical (unpaired) electrons. The summed E-state index contributed by atoms with van der Waals surface area (Å²) in [7, 11) is -2.15. The fraction of sp³-hybridized carbons (Fsp3) is 0.545. The van der Waals surface area contributed by atoms with Gasteiger partial charge in [-0.05, 0) is 25.0 Å². The van der Waals surface area contributed by atoms with Crippen molar-refractivity contribution in [2.45, 2.75) is 24.0 Å². The molecule has 6 nitrogen and oxygen atoms in total. The highest BCUT2D eigenvalue weighted by atomic mass is 32.2. The van der Waals surface area contributed by atoms with Crippen LogP contribution in [0, 0.1) is 0 Å². The summed E-state index contributed by atoms with van der Waals surface area (Å²) in [6.45, 7) is 0.623. The molecular weight excluding hydrogens is 258 g/mol. The quantitative estimate of drug-likeness (QED) is 0.690. The lowest BCUT2D eigenvalue weighted by atomic mass is 10.5. The zero-order valence-electron chi connectivity index (χ0n) is 10.0. The summed E-state index contributed by atoms with van der Waals surface area (Å²) >= 11 is 0. The highest BCUT2D eigenvalue weighted by Gasteiger charge is 2.39. The van der Waals surface area contributed by atoms with Gasteiger partial charge in [0.1, 0.15) is 0 Å². The minimum atomic E-state index is -3.67. The van der Waals surface area contributed by atoms with Crippen LogP contribution >= 0.6 is 0 Å². The Kier molecular flexibility index (Phi) is 3.84. The number of carbonyl (C=O) groups is 1. The van der Waals surface area contributed by atoms with Crippen molar-refractivity contribution in [1.82, 2.24) is 4.31 Å². The molecule has 100 valence electrons. The van der Waals surface area contributed by atoms with Crippen LogP contribution in [0.5, 0.6) is 0 Å². The number of methoxy groups -OCH3 is 1. The van der Waals surface area contributed by atoms with E-state index in [1.165, 1.54) is 23.5 Å². The molecule has 2 rings (SSSR count). The molecule has 1 aliphatic carbocycles. The van der Waals surface area contributed by atoms with Crippen molar-refractivity contribution in [3.8, 4) is 0 Å². The van der Waals surface area contributed by atoms with Crippen molar-refractivity contribution in [2.75, 3.05) is 20.3 Å². The predicted molar refractivity (Wildman–Crippen MR) is 62.9 cm³/mol. The highest BCUT2D eigenvalue weighted by Crippen LogP contribution is 2.32. The molecular formula is C11H15NO5S. The van der Waals surface area contributed by atoms with Gasteiger partial charge in [-0.1, -0.05) is 0 Å². The first-order valence-corrected chi connectivity index (χ1v) is 7.09. The summed E-state index contributed by atoms with van der Waals surface area (Å²) in [5, 5.41) is -0.187. The summed E-state index contributed by atoms with van der Waals surface area (Å²) in [4.78, 5) is 10.5. The van der Waals surface area contributed by atoms with E-state index < -0.39 is 10.0 Å². The van der Waals surface area contributed by atoms with E-state index in [2.05, 4.69) is 0 Å². The van der Waals surface area contributed by atoms with Crippen molar-refractivity contribution in [2.24, 2.45) is 0 Å². The van der Waals surface area contributed by atoms with Gasteiger partial charge in [0.25, 0.3) is 10.0 Å². The largest absolute Gasteiger partial charge is 0.440 e. The molecule has 0 unspecified atom stereocenters. The monoisotopic (exact) mass is 273 g/mol. The van der Waals surface area contributed by atoms with Crippen LogP contribution in [-0.2, 0) is 14.8 Å². The van der Waals surface area contributed by atoms with Crippen molar-refractivity contribution in [1.29, 1.82) is 0 Å². The van der Waals surface area contributed by atoms with Crippen molar-refractivity contribution < 1.29 is 22.4 Å². The van der Waals surface area contributed by atoms with Gasteiger partial charge >= 0.3 is 0 Å². The van der Waals surface area contributed by atoms with Crippen LogP contribution in [0.4, 0.5) is 0 Å². The number of nitrogens with zero attached hydrogens (tertiary/aromatic N) is 1. The molecule has 0 atom stereocenters. The third kappa shape index (κ3) is 2.63. The summed E-state index contributed by atoms with van der Waals surface area (Å²) in [5.74, 6) is 0.0102. The number of ether oxygens (including phenoxy) is 1. The summed E-state index contributed by atoms with van der Waals surface area (Å²) in [6.07, 6.45) is 2.18. The second-order valence-corrected chi connectivity index (χ2v) is 5.94. The number of carbonyl (C=O) groups excluding carboxylic acids is 1. The van der Waals surface area contributed by atoms with Crippen molar-refractivity contribution in [3.05, 3.63) is 17.9 Å². The van der Waals surface area contributed by atoms with Crippen LogP contribution in [0.3, 0.4) is 0 Å². The Labute approximate surface area is 106 Å². The van der Waals surface area contributed by atoms with E-state index in [0.29, 0.717) is 19.4 Å². The Morgan fingerprint density at radius 1 is 1.50 bits per heavy atom. The Bertz CT molecular complexity index is 517. The molecule has 1 aromatic rings. The van der Waals surface area contributed by atoms with E-state index in [1.807, 2.05) is 0 Å². The van der Waals surface area contributed by atoms with Gasteiger partial charge in [0.2, 0.25) is 5.09 Å². The van der Waals surface area contributed by atoms with Gasteiger partial charge in [0.15, 0.2) is 12.0 Å². The predicted octanol–water partition coefficient (Wildman–Crippen LogP) is 0.892. The lowest BCUT2D eigenvalue weighted by Gasteiger charge is -2.19. The van der Waals surface area contributed by atoms with E-state index in [1.54, 1.807) is 0 Å². The van der Waals surface area contributed by atoms with Crippen LogP contribution in [0.15, 0.2) is 21.6 Å². The van der Waals surface area contributed by atoms with E-state index in [4.69, 9.17) is 9.15 Å². The second-order valence-electron chi connectivity index (χ2n) is 4.11. The van der Waals surface area contributed by atoms with Crippen LogP contribution < -0.4 is 0 Å². The molecule has 0 aromatic carbocycles. The standard InChI is InChI=1S/C11H15NO5S/c1-16-7-6-12(9-2-3-9)18(14,15)11-5-4-10(8-13)17-11/h4-5,8-9H,2-3,6-7H2,1H3. The van der Waals surface area contributed by atoms with E-state index in [-0.39, 0.29) is 16.9 Å². The zero-order chi connectivity index (χ0) is 13.2. The van der Waals surface area contributed by atoms with E-state index >= 15 is 0 Å². The first-order valence-electron chi connectivity index (χ1n) is 5.65. The zero-order valence-corrected chi connectivity index (χ0v) is 10.9. The summed E-state index contributed by atoms with van der Waals surface area (Å²) in [6, 6.07) is 2.68. The second kappa shape index (κ2) is 5.21. The molecule has 1 heterocycles. The van der Waals surface area contributed by atoms with Gasteiger partial charge in [-0.3, -0.25) is 4.79 Å². The normalized spacial score (nSPS) is 16.1. The number of rotatable bonds is 7.